The first-order chi connectivity index (χ1) is 7.50. The SMILES string of the molecule is O=C1CC(=O)N(c2ccc(F)c(Cl)c2F)C1. The Labute approximate surface area is 94.6 Å². The standard InChI is InChI=1S/C10H6ClF2NO2/c11-9-6(12)1-2-7(10(9)13)14-4-5(15)3-8(14)16/h1-2H,3-4H2. The number of hydrogen-bond donors (Lipinski definition) is 0. The Morgan fingerprint density at radius 1 is 1.25 bits per heavy atom. The monoisotopic (exact) mass is 245 g/mol. The molecule has 0 bridgehead atoms. The van der Waals surface area contributed by atoms with Gasteiger partial charge < -0.3 is 4.90 Å². The Morgan fingerprint density at radius 2 is 1.94 bits per heavy atom. The summed E-state index contributed by atoms with van der Waals surface area (Å²) in [7, 11) is 0. The van der Waals surface area contributed by atoms with Gasteiger partial charge in [0, 0.05) is 0 Å². The zero-order chi connectivity index (χ0) is 11.9. The fourth-order valence-electron chi connectivity index (χ4n) is 1.53. The summed E-state index contributed by atoms with van der Waals surface area (Å²) < 4.78 is 26.4. The van der Waals surface area contributed by atoms with Crippen LogP contribution < -0.4 is 4.90 Å². The number of Topliss-reactive ketones (excluding diaryl/α,β-unsaturated/α-hetero) is 1. The van der Waals surface area contributed by atoms with Crippen molar-refractivity contribution in [3.8, 4) is 0 Å². The van der Waals surface area contributed by atoms with Crippen LogP contribution in [0.15, 0.2) is 12.1 Å². The van der Waals surface area contributed by atoms with E-state index in [1.165, 1.54) is 0 Å². The predicted molar refractivity (Wildman–Crippen MR) is 53.3 cm³/mol. The van der Waals surface area contributed by atoms with Crippen molar-refractivity contribution in [2.75, 3.05) is 11.4 Å². The summed E-state index contributed by atoms with van der Waals surface area (Å²) >= 11 is 5.37. The van der Waals surface area contributed by atoms with Gasteiger partial charge in [-0.3, -0.25) is 9.59 Å². The van der Waals surface area contributed by atoms with Crippen LogP contribution in [0, 0.1) is 11.6 Å². The van der Waals surface area contributed by atoms with Gasteiger partial charge in [0.15, 0.2) is 11.6 Å². The van der Waals surface area contributed by atoms with Crippen molar-refractivity contribution in [1.82, 2.24) is 0 Å². The number of halogens is 3. The van der Waals surface area contributed by atoms with Gasteiger partial charge in [0.25, 0.3) is 0 Å². The van der Waals surface area contributed by atoms with E-state index in [0.29, 0.717) is 0 Å². The Kier molecular flexibility index (Phi) is 2.63. The van der Waals surface area contributed by atoms with Crippen LogP contribution in [0.4, 0.5) is 14.5 Å². The second kappa shape index (κ2) is 3.83. The first kappa shape index (κ1) is 11.0. The lowest BCUT2D eigenvalue weighted by atomic mass is 10.2. The van der Waals surface area contributed by atoms with Crippen LogP contribution in [0.25, 0.3) is 0 Å². The number of hydrogen-bond acceptors (Lipinski definition) is 2. The molecule has 0 aromatic heterocycles. The molecule has 1 aliphatic rings. The van der Waals surface area contributed by atoms with Crippen molar-refractivity contribution >= 4 is 29.0 Å². The first-order valence-electron chi connectivity index (χ1n) is 4.46. The van der Waals surface area contributed by atoms with Gasteiger partial charge in [-0.05, 0) is 12.1 Å². The van der Waals surface area contributed by atoms with Crippen LogP contribution in [0.1, 0.15) is 6.42 Å². The fraction of sp³-hybridized carbons (Fsp3) is 0.200. The molecule has 1 aliphatic heterocycles. The van der Waals surface area contributed by atoms with E-state index in [4.69, 9.17) is 11.6 Å². The number of nitrogens with zero attached hydrogens (tertiary/aromatic N) is 1. The molecule has 0 unspecified atom stereocenters. The molecule has 1 fully saturated rings. The fourth-order valence-corrected chi connectivity index (χ4v) is 1.69. The molecule has 1 heterocycles. The normalized spacial score (nSPS) is 16.1. The number of carbonyl (C=O) groups excluding carboxylic acids is 2. The van der Waals surface area contributed by atoms with E-state index in [-0.39, 0.29) is 24.4 Å². The van der Waals surface area contributed by atoms with Crippen molar-refractivity contribution in [3.63, 3.8) is 0 Å². The molecule has 0 atom stereocenters. The lowest BCUT2D eigenvalue weighted by Crippen LogP contribution is -2.25. The number of rotatable bonds is 1. The van der Waals surface area contributed by atoms with E-state index in [0.717, 1.165) is 17.0 Å². The van der Waals surface area contributed by atoms with E-state index < -0.39 is 22.6 Å². The van der Waals surface area contributed by atoms with E-state index in [9.17, 15) is 18.4 Å². The average molecular weight is 246 g/mol. The third-order valence-electron chi connectivity index (χ3n) is 2.29. The van der Waals surface area contributed by atoms with Crippen LogP contribution in [0.2, 0.25) is 5.02 Å². The third-order valence-corrected chi connectivity index (χ3v) is 2.64. The Balaban J connectivity index is 2.45. The Morgan fingerprint density at radius 3 is 2.50 bits per heavy atom. The summed E-state index contributed by atoms with van der Waals surface area (Å²) in [5.74, 6) is -2.73. The van der Waals surface area contributed by atoms with E-state index in [1.807, 2.05) is 0 Å². The average Bonchev–Trinajstić information content (AvgIpc) is 2.55. The van der Waals surface area contributed by atoms with Gasteiger partial charge in [-0.15, -0.1) is 0 Å². The zero-order valence-electron chi connectivity index (χ0n) is 7.97. The summed E-state index contributed by atoms with van der Waals surface area (Å²) in [5, 5.41) is -0.676. The molecule has 84 valence electrons. The molecule has 6 heteroatoms. The van der Waals surface area contributed by atoms with Crippen molar-refractivity contribution in [3.05, 3.63) is 28.8 Å². The van der Waals surface area contributed by atoms with Gasteiger partial charge in [-0.2, -0.15) is 0 Å². The number of carbonyl (C=O) groups is 2. The molecule has 0 N–H and O–H groups in total. The highest BCUT2D eigenvalue weighted by atomic mass is 35.5. The second-order valence-electron chi connectivity index (χ2n) is 3.39. The van der Waals surface area contributed by atoms with Gasteiger partial charge in [0.05, 0.1) is 18.7 Å². The van der Waals surface area contributed by atoms with Crippen LogP contribution in [-0.4, -0.2) is 18.2 Å². The van der Waals surface area contributed by atoms with Crippen LogP contribution >= 0.6 is 11.6 Å². The highest BCUT2D eigenvalue weighted by Gasteiger charge is 2.31. The molecular formula is C10H6ClF2NO2. The lowest BCUT2D eigenvalue weighted by Gasteiger charge is -2.16. The van der Waals surface area contributed by atoms with Crippen LogP contribution in [0.3, 0.4) is 0 Å². The summed E-state index contributed by atoms with van der Waals surface area (Å²) in [6, 6.07) is 2.05. The van der Waals surface area contributed by atoms with E-state index >= 15 is 0 Å². The van der Waals surface area contributed by atoms with Gasteiger partial charge in [-0.1, -0.05) is 11.6 Å². The smallest absolute Gasteiger partial charge is 0.235 e. The van der Waals surface area contributed by atoms with Crippen molar-refractivity contribution < 1.29 is 18.4 Å². The Bertz CT molecular complexity index is 490. The van der Waals surface area contributed by atoms with Gasteiger partial charge in [0.2, 0.25) is 5.91 Å². The molecule has 1 aromatic rings. The molecule has 0 spiro atoms. The highest BCUT2D eigenvalue weighted by Crippen LogP contribution is 2.30. The second-order valence-corrected chi connectivity index (χ2v) is 3.77. The molecule has 2 rings (SSSR count). The molecular weight excluding hydrogens is 240 g/mol. The topological polar surface area (TPSA) is 37.4 Å². The van der Waals surface area contributed by atoms with Gasteiger partial charge in [0.1, 0.15) is 10.8 Å². The molecule has 1 saturated heterocycles. The highest BCUT2D eigenvalue weighted by molar-refractivity contribution is 6.31. The van der Waals surface area contributed by atoms with E-state index in [2.05, 4.69) is 0 Å². The molecule has 1 amide bonds. The largest absolute Gasteiger partial charge is 0.302 e. The summed E-state index contributed by atoms with van der Waals surface area (Å²) in [5.41, 5.74) is -0.165. The molecule has 0 radical (unpaired) electrons. The molecule has 0 saturated carbocycles. The summed E-state index contributed by atoms with van der Waals surface area (Å²) in [6.45, 7) is -0.197. The minimum absolute atomic E-state index is 0.165. The zero-order valence-corrected chi connectivity index (χ0v) is 8.72. The summed E-state index contributed by atoms with van der Waals surface area (Å²) in [4.78, 5) is 23.3. The molecule has 0 aliphatic carbocycles. The third kappa shape index (κ3) is 1.67. The van der Waals surface area contributed by atoms with E-state index in [1.54, 1.807) is 0 Å². The molecule has 16 heavy (non-hydrogen) atoms. The predicted octanol–water partition coefficient (Wildman–Crippen LogP) is 1.92. The minimum Gasteiger partial charge on any atom is -0.302 e. The van der Waals surface area contributed by atoms with Gasteiger partial charge in [-0.25, -0.2) is 8.78 Å². The molecule has 3 nitrogen and oxygen atoms in total. The van der Waals surface area contributed by atoms with Crippen molar-refractivity contribution in [2.45, 2.75) is 6.42 Å². The maximum absolute atomic E-state index is 13.5. The number of amides is 1. The van der Waals surface area contributed by atoms with Crippen LogP contribution in [-0.2, 0) is 9.59 Å². The number of anilines is 1. The maximum atomic E-state index is 13.5. The maximum Gasteiger partial charge on any atom is 0.235 e. The summed E-state index contributed by atoms with van der Waals surface area (Å²) in [6.07, 6.45) is -0.256. The number of benzene rings is 1. The Hall–Kier alpha value is -1.49. The first-order valence-corrected chi connectivity index (χ1v) is 4.84. The quantitative estimate of drug-likeness (QED) is 0.560. The van der Waals surface area contributed by atoms with Crippen molar-refractivity contribution in [1.29, 1.82) is 0 Å². The van der Waals surface area contributed by atoms with Gasteiger partial charge >= 0.3 is 0 Å². The minimum atomic E-state index is -1.02. The number of ketones is 1. The van der Waals surface area contributed by atoms with Crippen LogP contribution in [0.5, 0.6) is 0 Å². The van der Waals surface area contributed by atoms with Crippen molar-refractivity contribution in [2.24, 2.45) is 0 Å². The lowest BCUT2D eigenvalue weighted by molar-refractivity contribution is -0.121. The molecule has 1 aromatic carbocycles.